The Morgan fingerprint density at radius 3 is 2.33 bits per heavy atom. The lowest BCUT2D eigenvalue weighted by molar-refractivity contribution is 0.186. The highest BCUT2D eigenvalue weighted by atomic mass is 31.1. The summed E-state index contributed by atoms with van der Waals surface area (Å²) >= 11 is 0. The minimum atomic E-state index is 0.505. The molecule has 88 valence electrons. The highest BCUT2D eigenvalue weighted by Crippen LogP contribution is 2.14. The van der Waals surface area contributed by atoms with Crippen LogP contribution < -0.4 is 0 Å². The Balaban J connectivity index is 3.51. The number of hydrogen-bond donors (Lipinski definition) is 0. The van der Waals surface area contributed by atoms with E-state index in [4.69, 9.17) is 9.79 Å². The van der Waals surface area contributed by atoms with Crippen LogP contribution in [0.15, 0.2) is 0 Å². The van der Waals surface area contributed by atoms with E-state index in [0.717, 1.165) is 12.7 Å². The van der Waals surface area contributed by atoms with Gasteiger partial charge in [0.15, 0.2) is 0 Å². The number of hydrogen-bond acceptors (Lipinski definition) is 3. The van der Waals surface area contributed by atoms with Crippen LogP contribution in [0.2, 0.25) is 0 Å². The summed E-state index contributed by atoms with van der Waals surface area (Å²) in [6, 6.07) is 3.26. The Bertz CT molecular complexity index is 182. The van der Waals surface area contributed by atoms with Gasteiger partial charge < -0.3 is 4.52 Å². The van der Waals surface area contributed by atoms with Crippen molar-refractivity contribution in [3.63, 3.8) is 0 Å². The molecule has 0 heterocycles. The van der Waals surface area contributed by atoms with Gasteiger partial charge in [-0.2, -0.15) is 5.26 Å². The molecule has 0 aliphatic rings. The van der Waals surface area contributed by atoms with Crippen molar-refractivity contribution in [3.8, 4) is 6.07 Å². The smallest absolute Gasteiger partial charge is 0.0646 e. The van der Waals surface area contributed by atoms with E-state index >= 15 is 0 Å². The molecule has 0 aliphatic heterocycles. The molecule has 0 N–H and O–H groups in total. The first-order chi connectivity index (χ1) is 7.09. The van der Waals surface area contributed by atoms with E-state index in [0.29, 0.717) is 33.9 Å². The van der Waals surface area contributed by atoms with Crippen LogP contribution in [-0.4, -0.2) is 36.3 Å². The first kappa shape index (κ1) is 14.8. The molecule has 0 aromatic heterocycles. The van der Waals surface area contributed by atoms with E-state index in [9.17, 15) is 0 Å². The summed E-state index contributed by atoms with van der Waals surface area (Å²) in [7, 11) is 0.528. The Morgan fingerprint density at radius 1 is 1.27 bits per heavy atom. The monoisotopic (exact) mass is 230 g/mol. The van der Waals surface area contributed by atoms with Gasteiger partial charge in [0.05, 0.1) is 19.1 Å². The van der Waals surface area contributed by atoms with Crippen molar-refractivity contribution in [1.82, 2.24) is 4.90 Å². The lowest BCUT2D eigenvalue weighted by Gasteiger charge is -2.30. The SMILES string of the molecule is CC(C)N(CCPOCCC#N)C(C)C. The Kier molecular flexibility index (Phi) is 9.00. The van der Waals surface area contributed by atoms with E-state index in [2.05, 4.69) is 38.7 Å². The van der Waals surface area contributed by atoms with Gasteiger partial charge in [-0.05, 0) is 27.7 Å². The van der Waals surface area contributed by atoms with Crippen LogP contribution in [0.4, 0.5) is 0 Å². The molecular formula is C11H23N2OP. The van der Waals surface area contributed by atoms with Crippen LogP contribution >= 0.6 is 8.81 Å². The molecule has 15 heavy (non-hydrogen) atoms. The standard InChI is InChI=1S/C11H23N2OP/c1-10(2)13(11(3)4)7-9-15-14-8-5-6-12/h10-11,15H,5,7-9H2,1-4H3. The summed E-state index contributed by atoms with van der Waals surface area (Å²) in [5, 5.41) is 8.32. The zero-order valence-corrected chi connectivity index (χ0v) is 11.3. The van der Waals surface area contributed by atoms with Gasteiger partial charge in [0.2, 0.25) is 0 Å². The first-order valence-electron chi connectivity index (χ1n) is 5.57. The van der Waals surface area contributed by atoms with Crippen LogP contribution in [-0.2, 0) is 4.52 Å². The third-order valence-electron chi connectivity index (χ3n) is 2.22. The van der Waals surface area contributed by atoms with Gasteiger partial charge >= 0.3 is 0 Å². The second kappa shape index (κ2) is 9.09. The largest absolute Gasteiger partial charge is 0.361 e. The minimum Gasteiger partial charge on any atom is -0.361 e. The van der Waals surface area contributed by atoms with Crippen molar-refractivity contribution in [2.45, 2.75) is 46.2 Å². The van der Waals surface area contributed by atoms with Crippen LogP contribution in [0.25, 0.3) is 0 Å². The van der Waals surface area contributed by atoms with Crippen LogP contribution in [0, 0.1) is 11.3 Å². The van der Waals surface area contributed by atoms with Gasteiger partial charge in [0.1, 0.15) is 0 Å². The van der Waals surface area contributed by atoms with Crippen molar-refractivity contribution in [3.05, 3.63) is 0 Å². The fourth-order valence-corrected chi connectivity index (χ4v) is 2.27. The zero-order valence-electron chi connectivity index (χ0n) is 10.3. The average Bonchev–Trinajstić information content (AvgIpc) is 2.15. The molecule has 0 aromatic carbocycles. The predicted octanol–water partition coefficient (Wildman–Crippen LogP) is 2.63. The second-order valence-corrected chi connectivity index (χ2v) is 5.15. The molecular weight excluding hydrogens is 207 g/mol. The van der Waals surface area contributed by atoms with Gasteiger partial charge in [0, 0.05) is 33.6 Å². The number of nitrogens with zero attached hydrogens (tertiary/aromatic N) is 2. The quantitative estimate of drug-likeness (QED) is 0.475. The van der Waals surface area contributed by atoms with Crippen molar-refractivity contribution in [1.29, 1.82) is 5.26 Å². The molecule has 1 unspecified atom stereocenters. The summed E-state index contributed by atoms with van der Waals surface area (Å²) in [6.45, 7) is 10.6. The maximum Gasteiger partial charge on any atom is 0.0646 e. The summed E-state index contributed by atoms with van der Waals surface area (Å²) in [6.07, 6.45) is 1.58. The van der Waals surface area contributed by atoms with Gasteiger partial charge in [-0.1, -0.05) is 0 Å². The molecule has 3 nitrogen and oxygen atoms in total. The summed E-state index contributed by atoms with van der Waals surface area (Å²) in [4.78, 5) is 2.46. The molecule has 1 atom stereocenters. The van der Waals surface area contributed by atoms with E-state index < -0.39 is 0 Å². The molecule has 0 spiro atoms. The molecule has 0 radical (unpaired) electrons. The summed E-state index contributed by atoms with van der Waals surface area (Å²) in [5.74, 6) is 0. The van der Waals surface area contributed by atoms with Gasteiger partial charge in [-0.25, -0.2) is 0 Å². The Labute approximate surface area is 95.7 Å². The lowest BCUT2D eigenvalue weighted by atomic mass is 10.2. The molecule has 0 saturated heterocycles. The van der Waals surface area contributed by atoms with Crippen LogP contribution in [0.5, 0.6) is 0 Å². The number of rotatable bonds is 8. The van der Waals surface area contributed by atoms with E-state index in [1.54, 1.807) is 0 Å². The van der Waals surface area contributed by atoms with Crippen LogP contribution in [0.3, 0.4) is 0 Å². The third-order valence-corrected chi connectivity index (χ3v) is 3.05. The first-order valence-corrected chi connectivity index (χ1v) is 6.68. The fraction of sp³-hybridized carbons (Fsp3) is 0.909. The highest BCUT2D eigenvalue weighted by molar-refractivity contribution is 7.32. The molecule has 0 aromatic rings. The maximum atomic E-state index is 8.32. The molecule has 0 amide bonds. The Hall–Kier alpha value is -0.160. The molecule has 0 saturated carbocycles. The maximum absolute atomic E-state index is 8.32. The fourth-order valence-electron chi connectivity index (χ4n) is 1.53. The van der Waals surface area contributed by atoms with E-state index in [1.165, 1.54) is 0 Å². The van der Waals surface area contributed by atoms with Crippen molar-refractivity contribution >= 4 is 8.81 Å². The number of nitriles is 1. The molecule has 0 aliphatic carbocycles. The van der Waals surface area contributed by atoms with Crippen LogP contribution in [0.1, 0.15) is 34.1 Å². The topological polar surface area (TPSA) is 36.3 Å². The van der Waals surface area contributed by atoms with Crippen molar-refractivity contribution < 1.29 is 4.52 Å². The molecule has 0 rings (SSSR count). The van der Waals surface area contributed by atoms with Crippen molar-refractivity contribution in [2.75, 3.05) is 19.3 Å². The normalized spacial score (nSPS) is 12.1. The van der Waals surface area contributed by atoms with Gasteiger partial charge in [-0.3, -0.25) is 4.90 Å². The minimum absolute atomic E-state index is 0.505. The average molecular weight is 230 g/mol. The predicted molar refractivity (Wildman–Crippen MR) is 66.3 cm³/mol. The lowest BCUT2D eigenvalue weighted by Crippen LogP contribution is -2.38. The van der Waals surface area contributed by atoms with E-state index in [-0.39, 0.29) is 0 Å². The highest BCUT2D eigenvalue weighted by Gasteiger charge is 2.11. The summed E-state index contributed by atoms with van der Waals surface area (Å²) in [5.41, 5.74) is 0. The molecule has 0 bridgehead atoms. The van der Waals surface area contributed by atoms with Gasteiger partial charge in [-0.15, -0.1) is 0 Å². The van der Waals surface area contributed by atoms with E-state index in [1.807, 2.05) is 0 Å². The zero-order chi connectivity index (χ0) is 11.7. The summed E-state index contributed by atoms with van der Waals surface area (Å²) < 4.78 is 5.36. The molecule has 0 fully saturated rings. The Morgan fingerprint density at radius 2 is 1.87 bits per heavy atom. The van der Waals surface area contributed by atoms with Crippen molar-refractivity contribution in [2.24, 2.45) is 0 Å². The third kappa shape index (κ3) is 7.73. The molecule has 4 heteroatoms. The second-order valence-electron chi connectivity index (χ2n) is 4.08. The van der Waals surface area contributed by atoms with Gasteiger partial charge in [0.25, 0.3) is 0 Å².